The van der Waals surface area contributed by atoms with E-state index in [1.54, 1.807) is 31.2 Å². The van der Waals surface area contributed by atoms with E-state index >= 15 is 0 Å². The van der Waals surface area contributed by atoms with Crippen molar-refractivity contribution >= 4 is 35.0 Å². The summed E-state index contributed by atoms with van der Waals surface area (Å²) in [6.45, 7) is 3.95. The van der Waals surface area contributed by atoms with E-state index in [1.807, 2.05) is 6.92 Å². The Balaban J connectivity index is 1.75. The molecule has 0 aliphatic carbocycles. The molecule has 9 heteroatoms. The van der Waals surface area contributed by atoms with Crippen LogP contribution in [-0.4, -0.2) is 41.8 Å². The maximum Gasteiger partial charge on any atom is 0.344 e. The minimum atomic E-state index is -0.492. The number of carbonyl (C=O) groups is 3. The lowest BCUT2D eigenvalue weighted by Gasteiger charge is -2.13. The molecule has 1 aliphatic rings. The molecule has 2 amide bonds. The van der Waals surface area contributed by atoms with Gasteiger partial charge in [0.25, 0.3) is 11.1 Å². The van der Waals surface area contributed by atoms with Crippen molar-refractivity contribution < 1.29 is 33.0 Å². The van der Waals surface area contributed by atoms with E-state index in [9.17, 15) is 18.8 Å². The van der Waals surface area contributed by atoms with E-state index in [4.69, 9.17) is 14.2 Å². The summed E-state index contributed by atoms with van der Waals surface area (Å²) >= 11 is 0.833. The molecule has 0 spiro atoms. The first-order chi connectivity index (χ1) is 15.4. The van der Waals surface area contributed by atoms with E-state index < -0.39 is 17.1 Å². The van der Waals surface area contributed by atoms with Gasteiger partial charge in [-0.1, -0.05) is 18.2 Å². The summed E-state index contributed by atoms with van der Waals surface area (Å²) in [5.74, 6) is -0.543. The number of hydrogen-bond donors (Lipinski definition) is 0. The Morgan fingerprint density at radius 2 is 1.78 bits per heavy atom. The van der Waals surface area contributed by atoms with Crippen molar-refractivity contribution in [1.82, 2.24) is 4.90 Å². The topological polar surface area (TPSA) is 82.1 Å². The molecule has 168 valence electrons. The zero-order valence-corrected chi connectivity index (χ0v) is 18.4. The fourth-order valence-corrected chi connectivity index (χ4v) is 3.74. The van der Waals surface area contributed by atoms with Crippen LogP contribution in [0.15, 0.2) is 47.4 Å². The van der Waals surface area contributed by atoms with Crippen LogP contribution in [0, 0.1) is 5.82 Å². The molecule has 0 atom stereocenters. The van der Waals surface area contributed by atoms with Crippen molar-refractivity contribution in [3.63, 3.8) is 0 Å². The number of halogens is 1. The second-order valence-corrected chi connectivity index (χ2v) is 7.62. The van der Waals surface area contributed by atoms with Gasteiger partial charge in [0.2, 0.25) is 0 Å². The molecular weight excluding hydrogens is 437 g/mol. The lowest BCUT2D eigenvalue weighted by molar-refractivity contribution is -0.145. The molecule has 2 aromatic rings. The third-order valence-electron chi connectivity index (χ3n) is 4.34. The van der Waals surface area contributed by atoms with Gasteiger partial charge in [-0.2, -0.15) is 0 Å². The van der Waals surface area contributed by atoms with Gasteiger partial charge in [-0.25, -0.2) is 9.18 Å². The molecule has 1 heterocycles. The van der Waals surface area contributed by atoms with Crippen LogP contribution in [0.5, 0.6) is 11.5 Å². The molecule has 2 aromatic carbocycles. The quantitative estimate of drug-likeness (QED) is 0.406. The van der Waals surface area contributed by atoms with Crippen LogP contribution < -0.4 is 9.47 Å². The molecule has 0 unspecified atom stereocenters. The van der Waals surface area contributed by atoms with E-state index in [2.05, 4.69) is 0 Å². The fourth-order valence-electron chi connectivity index (χ4n) is 2.90. The predicted octanol–water partition coefficient (Wildman–Crippen LogP) is 4.40. The molecule has 0 N–H and O–H groups in total. The Hall–Kier alpha value is -3.33. The number of amides is 2. The SMILES string of the molecule is CCOC(=O)COc1ccc(/C=C2\SC(=O)N(Cc3ccc(F)cc3)C2=O)cc1OCC. The first-order valence-electron chi connectivity index (χ1n) is 9.96. The molecular formula is C23H22FNO6S. The van der Waals surface area contributed by atoms with E-state index in [0.717, 1.165) is 16.7 Å². The molecule has 1 fully saturated rings. The van der Waals surface area contributed by atoms with Crippen molar-refractivity contribution in [2.75, 3.05) is 19.8 Å². The molecule has 7 nitrogen and oxygen atoms in total. The summed E-state index contributed by atoms with van der Waals surface area (Å²) in [5, 5.41) is -0.398. The number of esters is 1. The maximum absolute atomic E-state index is 13.1. The largest absolute Gasteiger partial charge is 0.490 e. The van der Waals surface area contributed by atoms with Gasteiger partial charge in [-0.05, 0) is 67.1 Å². The number of benzene rings is 2. The lowest BCUT2D eigenvalue weighted by atomic mass is 10.1. The van der Waals surface area contributed by atoms with Crippen LogP contribution in [0.4, 0.5) is 9.18 Å². The third kappa shape index (κ3) is 5.88. The Morgan fingerprint density at radius 1 is 1.03 bits per heavy atom. The standard InChI is InChI=1S/C23H22FNO6S/c1-3-29-19-11-16(7-10-18(19)31-14-21(26)30-4-2)12-20-22(27)25(23(28)32-20)13-15-5-8-17(24)9-6-15/h5-12H,3-4,13-14H2,1-2H3/b20-12-. The summed E-state index contributed by atoms with van der Waals surface area (Å²) in [4.78, 5) is 38.0. The molecule has 0 bridgehead atoms. The van der Waals surface area contributed by atoms with E-state index in [1.165, 1.54) is 24.3 Å². The highest BCUT2D eigenvalue weighted by atomic mass is 32.2. The van der Waals surface area contributed by atoms with Gasteiger partial charge in [-0.15, -0.1) is 0 Å². The molecule has 0 saturated carbocycles. The second-order valence-electron chi connectivity index (χ2n) is 6.63. The van der Waals surface area contributed by atoms with Crippen LogP contribution >= 0.6 is 11.8 Å². The summed E-state index contributed by atoms with van der Waals surface area (Å²) in [5.41, 5.74) is 1.28. The van der Waals surface area contributed by atoms with Gasteiger partial charge in [0.15, 0.2) is 18.1 Å². The highest BCUT2D eigenvalue weighted by Gasteiger charge is 2.35. The van der Waals surface area contributed by atoms with Gasteiger partial charge in [0.05, 0.1) is 24.7 Å². The minimum Gasteiger partial charge on any atom is -0.490 e. The zero-order valence-electron chi connectivity index (χ0n) is 17.6. The second kappa shape index (κ2) is 10.8. The molecule has 32 heavy (non-hydrogen) atoms. The minimum absolute atomic E-state index is 0.0626. The summed E-state index contributed by atoms with van der Waals surface area (Å²) in [7, 11) is 0. The van der Waals surface area contributed by atoms with Crippen LogP contribution in [0.25, 0.3) is 6.08 Å². The molecule has 3 rings (SSSR count). The fraction of sp³-hybridized carbons (Fsp3) is 0.261. The number of nitrogens with zero attached hydrogens (tertiary/aromatic N) is 1. The van der Waals surface area contributed by atoms with E-state index in [0.29, 0.717) is 29.2 Å². The Bertz CT molecular complexity index is 1040. The Morgan fingerprint density at radius 3 is 2.47 bits per heavy atom. The number of thioether (sulfide) groups is 1. The molecule has 0 aromatic heterocycles. The van der Waals surface area contributed by atoms with Gasteiger partial charge < -0.3 is 14.2 Å². The maximum atomic E-state index is 13.1. The molecule has 0 radical (unpaired) electrons. The van der Waals surface area contributed by atoms with Crippen molar-refractivity contribution in [3.05, 3.63) is 64.3 Å². The summed E-state index contributed by atoms with van der Waals surface area (Å²) in [6, 6.07) is 10.6. The summed E-state index contributed by atoms with van der Waals surface area (Å²) in [6.07, 6.45) is 1.59. The van der Waals surface area contributed by atoms with E-state index in [-0.39, 0.29) is 30.5 Å². The number of rotatable bonds is 9. The van der Waals surface area contributed by atoms with Gasteiger partial charge in [0.1, 0.15) is 5.82 Å². The highest BCUT2D eigenvalue weighted by Crippen LogP contribution is 2.35. The van der Waals surface area contributed by atoms with Crippen molar-refractivity contribution in [3.8, 4) is 11.5 Å². The van der Waals surface area contributed by atoms with Crippen LogP contribution in [0.2, 0.25) is 0 Å². The highest BCUT2D eigenvalue weighted by molar-refractivity contribution is 8.18. The van der Waals surface area contributed by atoms with Crippen molar-refractivity contribution in [2.24, 2.45) is 0 Å². The zero-order chi connectivity index (χ0) is 23.1. The average molecular weight is 459 g/mol. The number of hydrogen-bond acceptors (Lipinski definition) is 7. The average Bonchev–Trinajstić information content (AvgIpc) is 3.02. The van der Waals surface area contributed by atoms with Crippen LogP contribution in [0.1, 0.15) is 25.0 Å². The normalized spacial score (nSPS) is 14.7. The third-order valence-corrected chi connectivity index (χ3v) is 5.25. The van der Waals surface area contributed by atoms with Crippen LogP contribution in [-0.2, 0) is 20.9 Å². The van der Waals surface area contributed by atoms with Crippen molar-refractivity contribution in [1.29, 1.82) is 0 Å². The van der Waals surface area contributed by atoms with Crippen LogP contribution in [0.3, 0.4) is 0 Å². The molecule has 1 saturated heterocycles. The monoisotopic (exact) mass is 459 g/mol. The Labute approximate surface area is 189 Å². The first-order valence-corrected chi connectivity index (χ1v) is 10.8. The van der Waals surface area contributed by atoms with Gasteiger partial charge >= 0.3 is 5.97 Å². The first kappa shape index (κ1) is 23.3. The molecule has 1 aliphatic heterocycles. The van der Waals surface area contributed by atoms with Crippen molar-refractivity contribution in [2.45, 2.75) is 20.4 Å². The lowest BCUT2D eigenvalue weighted by Crippen LogP contribution is -2.27. The number of ether oxygens (including phenoxy) is 3. The van der Waals surface area contributed by atoms with Gasteiger partial charge in [0, 0.05) is 0 Å². The Kier molecular flexibility index (Phi) is 7.88. The number of imide groups is 1. The number of carbonyl (C=O) groups excluding carboxylic acids is 3. The van der Waals surface area contributed by atoms with Gasteiger partial charge in [-0.3, -0.25) is 14.5 Å². The predicted molar refractivity (Wildman–Crippen MR) is 118 cm³/mol. The summed E-state index contributed by atoms with van der Waals surface area (Å²) < 4.78 is 29.0. The smallest absolute Gasteiger partial charge is 0.344 e.